The highest BCUT2D eigenvalue weighted by molar-refractivity contribution is 5.69. The molecule has 2 aliphatic rings. The molecule has 0 bridgehead atoms. The molecule has 1 heterocycles. The van der Waals surface area contributed by atoms with Crippen LogP contribution in [0.3, 0.4) is 0 Å². The summed E-state index contributed by atoms with van der Waals surface area (Å²) in [5.74, 6) is -0.366. The third-order valence-corrected chi connectivity index (χ3v) is 3.24. The molecule has 0 unspecified atom stereocenters. The molecule has 2 rings (SSSR count). The van der Waals surface area contributed by atoms with Crippen LogP contribution < -0.4 is 0 Å². The fraction of sp³-hybridized carbons (Fsp3) is 0.917. The lowest BCUT2D eigenvalue weighted by molar-refractivity contribution is -0.160. The van der Waals surface area contributed by atoms with Gasteiger partial charge in [-0.2, -0.15) is 0 Å². The van der Waals surface area contributed by atoms with Gasteiger partial charge in [-0.1, -0.05) is 0 Å². The number of carbonyl (C=O) groups excluding carboxylic acids is 1. The largest absolute Gasteiger partial charge is 0.466 e. The van der Waals surface area contributed by atoms with E-state index in [-0.39, 0.29) is 24.1 Å². The first kappa shape index (κ1) is 11.9. The van der Waals surface area contributed by atoms with E-state index in [4.69, 9.17) is 14.2 Å². The maximum Gasteiger partial charge on any atom is 0.306 e. The van der Waals surface area contributed by atoms with E-state index >= 15 is 0 Å². The molecule has 2 fully saturated rings. The Morgan fingerprint density at radius 3 is 2.81 bits per heavy atom. The van der Waals surface area contributed by atoms with Crippen LogP contribution in [0.15, 0.2) is 0 Å². The maximum atomic E-state index is 11.4. The van der Waals surface area contributed by atoms with Crippen LogP contribution in [0.25, 0.3) is 0 Å². The van der Waals surface area contributed by atoms with E-state index in [1.54, 1.807) is 0 Å². The highest BCUT2D eigenvalue weighted by Crippen LogP contribution is 2.42. The topological polar surface area (TPSA) is 44.8 Å². The van der Waals surface area contributed by atoms with E-state index in [1.165, 1.54) is 0 Å². The zero-order chi connectivity index (χ0) is 11.8. The van der Waals surface area contributed by atoms with Crippen LogP contribution in [-0.4, -0.2) is 30.6 Å². The number of esters is 1. The Bertz CT molecular complexity index is 274. The molecule has 1 aliphatic carbocycles. The number of hydrogen-bond acceptors (Lipinski definition) is 4. The molecule has 0 spiro atoms. The maximum absolute atomic E-state index is 11.4. The molecule has 4 heteroatoms. The molecule has 3 atom stereocenters. The van der Waals surface area contributed by atoms with Crippen molar-refractivity contribution in [2.24, 2.45) is 5.92 Å². The van der Waals surface area contributed by atoms with E-state index in [1.807, 2.05) is 20.8 Å². The van der Waals surface area contributed by atoms with Gasteiger partial charge in [0.15, 0.2) is 5.79 Å². The second kappa shape index (κ2) is 4.34. The van der Waals surface area contributed by atoms with Gasteiger partial charge in [0.25, 0.3) is 0 Å². The fourth-order valence-electron chi connectivity index (χ4n) is 2.68. The molecule has 92 valence electrons. The summed E-state index contributed by atoms with van der Waals surface area (Å²) in [4.78, 5) is 11.4. The lowest BCUT2D eigenvalue weighted by Gasteiger charge is -2.21. The summed E-state index contributed by atoms with van der Waals surface area (Å²) in [5, 5.41) is 0. The monoisotopic (exact) mass is 228 g/mol. The minimum atomic E-state index is -0.497. The Labute approximate surface area is 96.2 Å². The molecule has 0 radical (unpaired) electrons. The fourth-order valence-corrected chi connectivity index (χ4v) is 2.68. The third-order valence-electron chi connectivity index (χ3n) is 3.24. The standard InChI is InChI=1S/C12H20O4/c1-4-14-10(13)7-8-5-6-9-11(8)16-12(2,3)15-9/h8-9,11H,4-7H2,1-3H3/t8-,9+,11-/m1/s1. The van der Waals surface area contributed by atoms with Gasteiger partial charge in [0.2, 0.25) is 0 Å². The van der Waals surface area contributed by atoms with Crippen LogP contribution in [-0.2, 0) is 19.0 Å². The van der Waals surface area contributed by atoms with Gasteiger partial charge in [-0.3, -0.25) is 4.79 Å². The molecule has 1 saturated carbocycles. The highest BCUT2D eigenvalue weighted by atomic mass is 16.8. The SMILES string of the molecule is CCOC(=O)C[C@H]1CC[C@@H]2OC(C)(C)O[C@H]12. The van der Waals surface area contributed by atoms with Gasteiger partial charge < -0.3 is 14.2 Å². The van der Waals surface area contributed by atoms with Crippen LogP contribution in [0, 0.1) is 5.92 Å². The van der Waals surface area contributed by atoms with Crippen molar-refractivity contribution in [3.8, 4) is 0 Å². The van der Waals surface area contributed by atoms with Gasteiger partial charge in [0.1, 0.15) is 0 Å². The van der Waals surface area contributed by atoms with Crippen LogP contribution >= 0.6 is 0 Å². The Kier molecular flexibility index (Phi) is 3.22. The molecule has 1 aliphatic heterocycles. The lowest BCUT2D eigenvalue weighted by Crippen LogP contribution is -2.27. The summed E-state index contributed by atoms with van der Waals surface area (Å²) >= 11 is 0. The van der Waals surface area contributed by atoms with E-state index in [0.717, 1.165) is 12.8 Å². The summed E-state index contributed by atoms with van der Waals surface area (Å²) in [5.41, 5.74) is 0. The molecule has 0 aromatic heterocycles. The minimum Gasteiger partial charge on any atom is -0.466 e. The van der Waals surface area contributed by atoms with Crippen molar-refractivity contribution >= 4 is 5.97 Å². The summed E-state index contributed by atoms with van der Waals surface area (Å²) in [6, 6.07) is 0. The summed E-state index contributed by atoms with van der Waals surface area (Å²) in [6.07, 6.45) is 2.66. The molecule has 0 N–H and O–H groups in total. The van der Waals surface area contributed by atoms with Crippen molar-refractivity contribution < 1.29 is 19.0 Å². The second-order valence-electron chi connectivity index (χ2n) is 4.99. The number of rotatable bonds is 3. The van der Waals surface area contributed by atoms with Crippen LogP contribution in [0.4, 0.5) is 0 Å². The van der Waals surface area contributed by atoms with Gasteiger partial charge in [-0.25, -0.2) is 0 Å². The van der Waals surface area contributed by atoms with Gasteiger partial charge >= 0.3 is 5.97 Å². The Morgan fingerprint density at radius 2 is 2.12 bits per heavy atom. The zero-order valence-corrected chi connectivity index (χ0v) is 10.2. The first-order valence-electron chi connectivity index (χ1n) is 6.03. The van der Waals surface area contributed by atoms with Gasteiger partial charge in [0, 0.05) is 0 Å². The molecule has 1 saturated heterocycles. The third kappa shape index (κ3) is 2.38. The number of carbonyl (C=O) groups is 1. The number of ether oxygens (including phenoxy) is 3. The first-order chi connectivity index (χ1) is 7.52. The van der Waals surface area contributed by atoms with Crippen molar-refractivity contribution in [3.63, 3.8) is 0 Å². The predicted molar refractivity (Wildman–Crippen MR) is 57.8 cm³/mol. The summed E-state index contributed by atoms with van der Waals surface area (Å²) in [6.45, 7) is 6.12. The first-order valence-corrected chi connectivity index (χ1v) is 6.03. The normalized spacial score (nSPS) is 36.1. The Morgan fingerprint density at radius 1 is 1.38 bits per heavy atom. The van der Waals surface area contributed by atoms with Crippen molar-refractivity contribution in [2.45, 2.75) is 58.0 Å². The molecule has 0 aromatic rings. The minimum absolute atomic E-state index is 0.0689. The quantitative estimate of drug-likeness (QED) is 0.692. The van der Waals surface area contributed by atoms with Crippen molar-refractivity contribution in [2.75, 3.05) is 6.61 Å². The molecular weight excluding hydrogens is 208 g/mol. The van der Waals surface area contributed by atoms with E-state index in [2.05, 4.69) is 0 Å². The van der Waals surface area contributed by atoms with Gasteiger partial charge in [0.05, 0.1) is 25.2 Å². The van der Waals surface area contributed by atoms with Gasteiger partial charge in [-0.15, -0.1) is 0 Å². The Hall–Kier alpha value is -0.610. The van der Waals surface area contributed by atoms with Crippen molar-refractivity contribution in [1.29, 1.82) is 0 Å². The van der Waals surface area contributed by atoms with Crippen LogP contribution in [0.5, 0.6) is 0 Å². The zero-order valence-electron chi connectivity index (χ0n) is 10.2. The average Bonchev–Trinajstić information content (AvgIpc) is 2.64. The highest BCUT2D eigenvalue weighted by Gasteiger charge is 2.49. The molecule has 16 heavy (non-hydrogen) atoms. The Balaban J connectivity index is 1.91. The average molecular weight is 228 g/mol. The molecular formula is C12H20O4. The van der Waals surface area contributed by atoms with Gasteiger partial charge in [-0.05, 0) is 39.5 Å². The van der Waals surface area contributed by atoms with Crippen molar-refractivity contribution in [3.05, 3.63) is 0 Å². The molecule has 0 aromatic carbocycles. The molecule has 4 nitrogen and oxygen atoms in total. The number of hydrogen-bond donors (Lipinski definition) is 0. The summed E-state index contributed by atoms with van der Waals surface area (Å²) < 4.78 is 16.6. The van der Waals surface area contributed by atoms with Crippen molar-refractivity contribution in [1.82, 2.24) is 0 Å². The second-order valence-corrected chi connectivity index (χ2v) is 4.99. The van der Waals surface area contributed by atoms with E-state index in [0.29, 0.717) is 13.0 Å². The van der Waals surface area contributed by atoms with Crippen LogP contribution in [0.1, 0.15) is 40.0 Å². The summed E-state index contributed by atoms with van der Waals surface area (Å²) in [7, 11) is 0. The number of fused-ring (bicyclic) bond motifs is 1. The predicted octanol–water partition coefficient (Wildman–Crippen LogP) is 1.87. The van der Waals surface area contributed by atoms with E-state index < -0.39 is 5.79 Å². The smallest absolute Gasteiger partial charge is 0.306 e. The molecule has 0 amide bonds. The lowest BCUT2D eigenvalue weighted by atomic mass is 10.0. The van der Waals surface area contributed by atoms with E-state index in [9.17, 15) is 4.79 Å². The van der Waals surface area contributed by atoms with Crippen LogP contribution in [0.2, 0.25) is 0 Å².